The van der Waals surface area contributed by atoms with Crippen LogP contribution in [0.1, 0.15) is 31.7 Å². The van der Waals surface area contributed by atoms with Gasteiger partial charge in [-0.05, 0) is 42.2 Å². The maximum Gasteiger partial charge on any atom is 0.262 e. The first-order valence-corrected chi connectivity index (χ1v) is 9.24. The van der Waals surface area contributed by atoms with E-state index in [4.69, 9.17) is 9.47 Å². The second-order valence-electron chi connectivity index (χ2n) is 5.55. The van der Waals surface area contributed by atoms with Gasteiger partial charge in [0.05, 0.1) is 24.8 Å². The predicted octanol–water partition coefficient (Wildman–Crippen LogP) is 4.02. The van der Waals surface area contributed by atoms with Gasteiger partial charge >= 0.3 is 0 Å². The van der Waals surface area contributed by atoms with E-state index in [1.807, 2.05) is 12.1 Å². The molecule has 6 heteroatoms. The molecule has 0 bridgehead atoms. The molecule has 0 spiro atoms. The standard InChI is InChI=1S/C18H23NO4S/c1-5-13(2)14-6-9-16(10-7-14)24(20,21)19-17-11-8-15(22-3)12-18(17)23-4/h6-13,19H,5H2,1-4H3. The Morgan fingerprint density at radius 3 is 2.25 bits per heavy atom. The maximum atomic E-state index is 12.6. The molecule has 0 aliphatic carbocycles. The van der Waals surface area contributed by atoms with Gasteiger partial charge in [-0.25, -0.2) is 8.42 Å². The van der Waals surface area contributed by atoms with Crippen LogP contribution >= 0.6 is 0 Å². The number of nitrogens with one attached hydrogen (secondary N) is 1. The number of sulfonamides is 1. The zero-order chi connectivity index (χ0) is 17.7. The van der Waals surface area contributed by atoms with Crippen molar-refractivity contribution in [2.75, 3.05) is 18.9 Å². The lowest BCUT2D eigenvalue weighted by molar-refractivity contribution is 0.395. The molecule has 1 atom stereocenters. The van der Waals surface area contributed by atoms with Gasteiger partial charge in [0, 0.05) is 6.07 Å². The molecule has 2 rings (SSSR count). The zero-order valence-corrected chi connectivity index (χ0v) is 15.2. The Kier molecular flexibility index (Phi) is 5.72. The summed E-state index contributed by atoms with van der Waals surface area (Å²) < 4.78 is 38.1. The highest BCUT2D eigenvalue weighted by Gasteiger charge is 2.17. The summed E-state index contributed by atoms with van der Waals surface area (Å²) in [5.41, 5.74) is 1.49. The molecule has 1 unspecified atom stereocenters. The molecule has 2 aromatic rings. The fraction of sp³-hybridized carbons (Fsp3) is 0.333. The summed E-state index contributed by atoms with van der Waals surface area (Å²) in [6.07, 6.45) is 1.01. The van der Waals surface area contributed by atoms with Crippen LogP contribution in [0.5, 0.6) is 11.5 Å². The first kappa shape index (κ1) is 18.1. The summed E-state index contributed by atoms with van der Waals surface area (Å²) in [6, 6.07) is 11.9. The van der Waals surface area contributed by atoms with Crippen LogP contribution in [-0.4, -0.2) is 22.6 Å². The van der Waals surface area contributed by atoms with Gasteiger partial charge in [-0.15, -0.1) is 0 Å². The molecular weight excluding hydrogens is 326 g/mol. The van der Waals surface area contributed by atoms with Crippen LogP contribution in [0.3, 0.4) is 0 Å². The van der Waals surface area contributed by atoms with Crippen LogP contribution in [0.15, 0.2) is 47.4 Å². The highest BCUT2D eigenvalue weighted by Crippen LogP contribution is 2.31. The van der Waals surface area contributed by atoms with Gasteiger partial charge in [-0.1, -0.05) is 26.0 Å². The Labute approximate surface area is 143 Å². The molecule has 1 N–H and O–H groups in total. The molecule has 0 aromatic heterocycles. The van der Waals surface area contributed by atoms with Gasteiger partial charge in [0.2, 0.25) is 0 Å². The van der Waals surface area contributed by atoms with Crippen LogP contribution < -0.4 is 14.2 Å². The summed E-state index contributed by atoms with van der Waals surface area (Å²) in [4.78, 5) is 0.215. The number of benzene rings is 2. The predicted molar refractivity (Wildman–Crippen MR) is 95.5 cm³/mol. The second-order valence-corrected chi connectivity index (χ2v) is 7.23. The van der Waals surface area contributed by atoms with Crippen LogP contribution in [0, 0.1) is 0 Å². The first-order valence-electron chi connectivity index (χ1n) is 7.76. The average molecular weight is 349 g/mol. The van der Waals surface area contributed by atoms with E-state index in [0.29, 0.717) is 23.1 Å². The lowest BCUT2D eigenvalue weighted by Gasteiger charge is -2.14. The van der Waals surface area contributed by atoms with Crippen LogP contribution in [-0.2, 0) is 10.0 Å². The van der Waals surface area contributed by atoms with Crippen molar-refractivity contribution in [2.24, 2.45) is 0 Å². The smallest absolute Gasteiger partial charge is 0.262 e. The third kappa shape index (κ3) is 4.00. The van der Waals surface area contributed by atoms with E-state index in [2.05, 4.69) is 18.6 Å². The molecule has 130 valence electrons. The minimum absolute atomic E-state index is 0.215. The third-order valence-corrected chi connectivity index (χ3v) is 5.41. The van der Waals surface area contributed by atoms with Crippen molar-refractivity contribution in [3.05, 3.63) is 48.0 Å². The molecule has 2 aromatic carbocycles. The largest absolute Gasteiger partial charge is 0.497 e. The maximum absolute atomic E-state index is 12.6. The Morgan fingerprint density at radius 2 is 1.71 bits per heavy atom. The molecule has 0 fully saturated rings. The van der Waals surface area contributed by atoms with E-state index in [9.17, 15) is 8.42 Å². The van der Waals surface area contributed by atoms with E-state index >= 15 is 0 Å². The minimum Gasteiger partial charge on any atom is -0.497 e. The number of anilines is 1. The molecule has 0 saturated carbocycles. The van der Waals surface area contributed by atoms with Gasteiger partial charge in [-0.3, -0.25) is 4.72 Å². The van der Waals surface area contributed by atoms with Gasteiger partial charge in [-0.2, -0.15) is 0 Å². The van der Waals surface area contributed by atoms with Crippen molar-refractivity contribution in [1.29, 1.82) is 0 Å². The number of ether oxygens (including phenoxy) is 2. The summed E-state index contributed by atoms with van der Waals surface area (Å²) in [6.45, 7) is 4.22. The van der Waals surface area contributed by atoms with Crippen molar-refractivity contribution >= 4 is 15.7 Å². The highest BCUT2D eigenvalue weighted by molar-refractivity contribution is 7.92. The van der Waals surface area contributed by atoms with Crippen LogP contribution in [0.4, 0.5) is 5.69 Å². The fourth-order valence-corrected chi connectivity index (χ4v) is 3.37. The third-order valence-electron chi connectivity index (χ3n) is 4.02. The quantitative estimate of drug-likeness (QED) is 0.820. The summed E-state index contributed by atoms with van der Waals surface area (Å²) >= 11 is 0. The van der Waals surface area contributed by atoms with Crippen molar-refractivity contribution < 1.29 is 17.9 Å². The molecule has 5 nitrogen and oxygen atoms in total. The molecule has 0 amide bonds. The van der Waals surface area contributed by atoms with Crippen LogP contribution in [0.25, 0.3) is 0 Å². The zero-order valence-electron chi connectivity index (χ0n) is 14.4. The van der Waals surface area contributed by atoms with E-state index in [0.717, 1.165) is 12.0 Å². The van der Waals surface area contributed by atoms with Crippen molar-refractivity contribution in [2.45, 2.75) is 31.1 Å². The van der Waals surface area contributed by atoms with Crippen molar-refractivity contribution in [1.82, 2.24) is 0 Å². The van der Waals surface area contributed by atoms with Gasteiger partial charge in [0.15, 0.2) is 0 Å². The van der Waals surface area contributed by atoms with Crippen molar-refractivity contribution in [3.8, 4) is 11.5 Å². The Morgan fingerprint density at radius 1 is 1.04 bits per heavy atom. The SMILES string of the molecule is CCC(C)c1ccc(S(=O)(=O)Nc2ccc(OC)cc2OC)cc1. The van der Waals surface area contributed by atoms with E-state index in [-0.39, 0.29) is 4.90 Å². The highest BCUT2D eigenvalue weighted by atomic mass is 32.2. The molecule has 0 aliphatic rings. The topological polar surface area (TPSA) is 64.6 Å². The fourth-order valence-electron chi connectivity index (χ4n) is 2.30. The monoisotopic (exact) mass is 349 g/mol. The number of rotatable bonds is 7. The summed E-state index contributed by atoms with van der Waals surface area (Å²) in [7, 11) is -0.667. The van der Waals surface area contributed by atoms with Gasteiger partial charge in [0.25, 0.3) is 10.0 Å². The lowest BCUT2D eigenvalue weighted by Crippen LogP contribution is -2.13. The molecule has 0 heterocycles. The van der Waals surface area contributed by atoms with Gasteiger partial charge in [0.1, 0.15) is 11.5 Å². The van der Waals surface area contributed by atoms with Crippen molar-refractivity contribution in [3.63, 3.8) is 0 Å². The Balaban J connectivity index is 2.28. The lowest BCUT2D eigenvalue weighted by atomic mass is 9.99. The first-order chi connectivity index (χ1) is 11.4. The van der Waals surface area contributed by atoms with E-state index in [1.54, 1.807) is 30.3 Å². The summed E-state index contributed by atoms with van der Waals surface area (Å²) in [5.74, 6) is 1.39. The Bertz CT molecular complexity index is 785. The second kappa shape index (κ2) is 7.57. The van der Waals surface area contributed by atoms with E-state index in [1.165, 1.54) is 14.2 Å². The van der Waals surface area contributed by atoms with E-state index < -0.39 is 10.0 Å². The summed E-state index contributed by atoms with van der Waals surface area (Å²) in [5, 5.41) is 0. The molecule has 24 heavy (non-hydrogen) atoms. The normalized spacial score (nSPS) is 12.5. The average Bonchev–Trinajstić information content (AvgIpc) is 2.61. The molecule has 0 saturated heterocycles. The van der Waals surface area contributed by atoms with Gasteiger partial charge < -0.3 is 9.47 Å². The number of methoxy groups -OCH3 is 2. The van der Waals surface area contributed by atoms with Crippen LogP contribution in [0.2, 0.25) is 0 Å². The molecule has 0 aliphatic heterocycles. The molecular formula is C18H23NO4S. The molecule has 0 radical (unpaired) electrons. The number of hydrogen-bond acceptors (Lipinski definition) is 4. The minimum atomic E-state index is -3.69. The number of hydrogen-bond donors (Lipinski definition) is 1. The Hall–Kier alpha value is -2.21.